The van der Waals surface area contributed by atoms with Crippen LogP contribution in [0.5, 0.6) is 0 Å². The third-order valence-corrected chi connectivity index (χ3v) is 17.1. The van der Waals surface area contributed by atoms with E-state index in [4.69, 9.17) is 29.2 Å². The van der Waals surface area contributed by atoms with E-state index in [1.54, 1.807) is 0 Å². The Morgan fingerprint density at radius 2 is 0.706 bits per heavy atom. The summed E-state index contributed by atoms with van der Waals surface area (Å²) in [6.45, 7) is 8.30. The quantitative estimate of drug-likeness (QED) is 0.111. The molecule has 0 amide bonds. The van der Waals surface area contributed by atoms with Crippen LogP contribution >= 0.6 is 0 Å². The number of para-hydroxylation sites is 4. The molecule has 15 aromatic rings. The number of nitrogens with zero attached hydrogens (tertiary/aromatic N) is 6. The second-order valence-electron chi connectivity index (χ2n) is 22.8. The molecule has 1 saturated heterocycles. The van der Waals surface area contributed by atoms with Crippen LogP contribution in [0, 0.1) is 0 Å². The van der Waals surface area contributed by atoms with Crippen molar-refractivity contribution in [3.8, 4) is 68.1 Å². The SMILES string of the molecule is CC1(C)OB(c2ccc(-n3c(-c4ccccc4)nc4ccccc43)cc2)OC1(C)C.c1ccc(-c2nc3ccccc3n2-c2ccc(-c3nc(-c4cc5ccccc5c5ccccc45)cc(-c4cc5ccccc5c5ccccc45)n3)cc2)cc1. The normalized spacial score (nSPS) is 13.7. The molecule has 3 aromatic heterocycles. The van der Waals surface area contributed by atoms with E-state index in [0.29, 0.717) is 5.82 Å². The Morgan fingerprint density at radius 1 is 0.329 bits per heavy atom. The summed E-state index contributed by atoms with van der Waals surface area (Å²) in [5.74, 6) is 2.51. The van der Waals surface area contributed by atoms with Crippen molar-refractivity contribution in [3.05, 3.63) is 273 Å². The van der Waals surface area contributed by atoms with E-state index >= 15 is 0 Å². The first-order valence-electron chi connectivity index (χ1n) is 29.0. The average molecular weight is 1100 g/mol. The zero-order chi connectivity index (χ0) is 57.2. The third kappa shape index (κ3) is 9.22. The number of rotatable bonds is 8. The molecule has 0 spiro atoms. The van der Waals surface area contributed by atoms with Crippen molar-refractivity contribution in [1.82, 2.24) is 29.1 Å². The first kappa shape index (κ1) is 51.6. The van der Waals surface area contributed by atoms with Gasteiger partial charge in [0.1, 0.15) is 11.6 Å². The number of hydrogen-bond acceptors (Lipinski definition) is 6. The van der Waals surface area contributed by atoms with Gasteiger partial charge in [-0.1, -0.05) is 194 Å². The van der Waals surface area contributed by atoms with Gasteiger partial charge in [0.2, 0.25) is 0 Å². The Bertz CT molecular complexity index is 4860. The summed E-state index contributed by atoms with van der Waals surface area (Å²) in [6.07, 6.45) is 0. The summed E-state index contributed by atoms with van der Waals surface area (Å²) in [6, 6.07) is 95.4. The highest BCUT2D eigenvalue weighted by Crippen LogP contribution is 2.41. The maximum Gasteiger partial charge on any atom is 0.494 e. The molecular formula is C76H57BN6O2. The third-order valence-electron chi connectivity index (χ3n) is 17.1. The van der Waals surface area contributed by atoms with Gasteiger partial charge in [0.25, 0.3) is 0 Å². The Kier molecular flexibility index (Phi) is 12.6. The monoisotopic (exact) mass is 1100 g/mol. The molecule has 12 aromatic carbocycles. The van der Waals surface area contributed by atoms with Crippen LogP contribution in [0.3, 0.4) is 0 Å². The molecule has 0 N–H and O–H groups in total. The molecule has 0 atom stereocenters. The Morgan fingerprint density at radius 3 is 1.16 bits per heavy atom. The summed E-state index contributed by atoms with van der Waals surface area (Å²) in [5.41, 5.74) is 13.5. The van der Waals surface area contributed by atoms with Gasteiger partial charge in [0.15, 0.2) is 5.82 Å². The Hall–Kier alpha value is -10.3. The molecule has 1 aliphatic heterocycles. The molecule has 1 fully saturated rings. The number of imidazole rings is 2. The van der Waals surface area contributed by atoms with Gasteiger partial charge in [-0.3, -0.25) is 9.13 Å². The molecule has 8 nitrogen and oxygen atoms in total. The van der Waals surface area contributed by atoms with Crippen molar-refractivity contribution < 1.29 is 9.31 Å². The molecule has 0 bridgehead atoms. The highest BCUT2D eigenvalue weighted by atomic mass is 16.7. The molecule has 1 aliphatic rings. The first-order valence-corrected chi connectivity index (χ1v) is 29.0. The van der Waals surface area contributed by atoms with E-state index < -0.39 is 0 Å². The van der Waals surface area contributed by atoms with Gasteiger partial charge in [-0.25, -0.2) is 19.9 Å². The molecule has 0 unspecified atom stereocenters. The minimum absolute atomic E-state index is 0.350. The van der Waals surface area contributed by atoms with E-state index in [1.807, 2.05) is 42.5 Å². The predicted molar refractivity (Wildman–Crippen MR) is 351 cm³/mol. The summed E-state index contributed by atoms with van der Waals surface area (Å²) in [7, 11) is -0.364. The van der Waals surface area contributed by atoms with Gasteiger partial charge in [0.05, 0.1) is 44.7 Å². The summed E-state index contributed by atoms with van der Waals surface area (Å²) < 4.78 is 16.8. The molecular weight excluding hydrogens is 1040 g/mol. The van der Waals surface area contributed by atoms with Gasteiger partial charge in [-0.15, -0.1) is 0 Å². The van der Waals surface area contributed by atoms with Crippen molar-refractivity contribution in [2.45, 2.75) is 38.9 Å². The van der Waals surface area contributed by atoms with E-state index in [2.05, 4.69) is 267 Å². The van der Waals surface area contributed by atoms with E-state index in [9.17, 15) is 0 Å². The second kappa shape index (κ2) is 20.8. The van der Waals surface area contributed by atoms with Crippen LogP contribution in [0.15, 0.2) is 273 Å². The molecule has 0 aliphatic carbocycles. The maximum absolute atomic E-state index is 6.20. The molecule has 16 rings (SSSR count). The van der Waals surface area contributed by atoms with Crippen LogP contribution < -0.4 is 5.46 Å². The lowest BCUT2D eigenvalue weighted by atomic mass is 9.79. The van der Waals surface area contributed by atoms with Crippen LogP contribution in [0.1, 0.15) is 27.7 Å². The lowest BCUT2D eigenvalue weighted by Gasteiger charge is -2.32. The number of hydrogen-bond donors (Lipinski definition) is 0. The fourth-order valence-corrected chi connectivity index (χ4v) is 12.0. The van der Waals surface area contributed by atoms with Crippen LogP contribution in [0.25, 0.3) is 133 Å². The fraction of sp³-hybridized carbons (Fsp3) is 0.0789. The minimum Gasteiger partial charge on any atom is -0.399 e. The molecule has 9 heteroatoms. The Balaban J connectivity index is 0.000000172. The molecule has 0 saturated carbocycles. The minimum atomic E-state index is -0.364. The average Bonchev–Trinajstić information content (AvgIpc) is 2.84. The van der Waals surface area contributed by atoms with Crippen molar-refractivity contribution in [2.24, 2.45) is 0 Å². The number of fused-ring (bicyclic) bond motifs is 8. The summed E-state index contributed by atoms with van der Waals surface area (Å²) in [4.78, 5) is 20.7. The van der Waals surface area contributed by atoms with E-state index in [1.165, 1.54) is 32.3 Å². The van der Waals surface area contributed by atoms with Gasteiger partial charge in [-0.05, 0) is 155 Å². The van der Waals surface area contributed by atoms with Crippen molar-refractivity contribution >= 4 is 77.7 Å². The lowest BCUT2D eigenvalue weighted by Crippen LogP contribution is -2.41. The molecule has 0 radical (unpaired) electrons. The van der Waals surface area contributed by atoms with Crippen LogP contribution in [-0.2, 0) is 9.31 Å². The summed E-state index contributed by atoms with van der Waals surface area (Å²) >= 11 is 0. The van der Waals surface area contributed by atoms with Crippen LogP contribution in [0.2, 0.25) is 0 Å². The standard InChI is InChI=1S/C51H32N4.C25H25BN2O2/c1-2-14-34(15-3-1)51-54-46-24-12-13-25-49(46)55(51)37-28-26-33(27-29-37)50-52-47(44-30-35-16-4-6-18-38(35)40-20-8-10-22-42(40)44)32-48(53-50)45-31-36-17-5-7-19-39(36)41-21-9-11-23-43(41)45;1-24(2)25(3,4)30-26(29-24)19-14-16-20(17-15-19)28-22-13-9-8-12-21(22)27-23(28)18-10-6-5-7-11-18/h1-32H;5-17H,1-4H3. The van der Waals surface area contributed by atoms with Crippen molar-refractivity contribution in [2.75, 3.05) is 0 Å². The van der Waals surface area contributed by atoms with Crippen molar-refractivity contribution in [1.29, 1.82) is 0 Å². The molecule has 85 heavy (non-hydrogen) atoms. The second-order valence-corrected chi connectivity index (χ2v) is 22.8. The van der Waals surface area contributed by atoms with Gasteiger partial charge < -0.3 is 9.31 Å². The van der Waals surface area contributed by atoms with Crippen LogP contribution in [-0.4, -0.2) is 47.4 Å². The van der Waals surface area contributed by atoms with Gasteiger partial charge in [0, 0.05) is 39.2 Å². The molecule has 406 valence electrons. The fourth-order valence-electron chi connectivity index (χ4n) is 12.0. The van der Waals surface area contributed by atoms with E-state index in [0.717, 1.165) is 101 Å². The zero-order valence-corrected chi connectivity index (χ0v) is 47.6. The molecule has 4 heterocycles. The topological polar surface area (TPSA) is 79.9 Å². The van der Waals surface area contributed by atoms with Gasteiger partial charge >= 0.3 is 7.12 Å². The lowest BCUT2D eigenvalue weighted by molar-refractivity contribution is 0.00578. The largest absolute Gasteiger partial charge is 0.494 e. The number of aromatic nitrogens is 6. The van der Waals surface area contributed by atoms with E-state index in [-0.39, 0.29) is 18.3 Å². The maximum atomic E-state index is 6.20. The zero-order valence-electron chi connectivity index (χ0n) is 47.6. The summed E-state index contributed by atoms with van der Waals surface area (Å²) in [5, 5.41) is 9.57. The highest BCUT2D eigenvalue weighted by molar-refractivity contribution is 6.62. The number of benzene rings is 12. The first-order chi connectivity index (χ1) is 41.6. The van der Waals surface area contributed by atoms with Gasteiger partial charge in [-0.2, -0.15) is 0 Å². The predicted octanol–water partition coefficient (Wildman–Crippen LogP) is 18.1. The Labute approximate surface area is 493 Å². The van der Waals surface area contributed by atoms with Crippen molar-refractivity contribution in [3.63, 3.8) is 0 Å². The smallest absolute Gasteiger partial charge is 0.399 e. The highest BCUT2D eigenvalue weighted by Gasteiger charge is 2.51. The van der Waals surface area contributed by atoms with Crippen LogP contribution in [0.4, 0.5) is 0 Å².